The fourth-order valence-corrected chi connectivity index (χ4v) is 2.12. The van der Waals surface area contributed by atoms with Crippen molar-refractivity contribution in [1.29, 1.82) is 0 Å². The van der Waals surface area contributed by atoms with Crippen LogP contribution in [0.15, 0.2) is 42.0 Å². The summed E-state index contributed by atoms with van der Waals surface area (Å²) in [6.45, 7) is 9.50. The van der Waals surface area contributed by atoms with Gasteiger partial charge in [-0.05, 0) is 16.9 Å². The van der Waals surface area contributed by atoms with Gasteiger partial charge in [-0.15, -0.1) is 0 Å². The Labute approximate surface area is 143 Å². The van der Waals surface area contributed by atoms with Gasteiger partial charge in [-0.25, -0.2) is 9.59 Å². The first-order valence-corrected chi connectivity index (χ1v) is 8.04. The topological polar surface area (TPSA) is 75.6 Å². The molecule has 0 saturated heterocycles. The molecule has 0 heterocycles. The lowest BCUT2D eigenvalue weighted by Crippen LogP contribution is -2.38. The van der Waals surface area contributed by atoms with E-state index in [1.807, 2.05) is 65.0 Å². The molecule has 0 aliphatic carbocycles. The molecule has 0 aromatic heterocycles. The zero-order valence-corrected chi connectivity index (χ0v) is 15.0. The Bertz CT molecular complexity index is 585. The molecule has 0 spiro atoms. The van der Waals surface area contributed by atoms with E-state index >= 15 is 0 Å². The third kappa shape index (κ3) is 6.44. The number of carbonyl (C=O) groups is 2. The molecule has 1 amide bonds. The molecule has 0 radical (unpaired) electrons. The fourth-order valence-electron chi connectivity index (χ4n) is 2.12. The van der Waals surface area contributed by atoms with Crippen LogP contribution in [-0.4, -0.2) is 23.2 Å². The van der Waals surface area contributed by atoms with E-state index < -0.39 is 23.5 Å². The monoisotopic (exact) mass is 333 g/mol. The van der Waals surface area contributed by atoms with E-state index in [4.69, 9.17) is 4.74 Å². The van der Waals surface area contributed by atoms with Crippen LogP contribution in [-0.2, 0) is 16.1 Å². The molecule has 2 N–H and O–H groups in total. The first-order valence-electron chi connectivity index (χ1n) is 8.04. The van der Waals surface area contributed by atoms with Gasteiger partial charge in [0, 0.05) is 5.57 Å². The third-order valence-corrected chi connectivity index (χ3v) is 3.60. The van der Waals surface area contributed by atoms with Crippen molar-refractivity contribution in [3.63, 3.8) is 0 Å². The number of carboxylic acids is 1. The Morgan fingerprint density at radius 3 is 2.25 bits per heavy atom. The Hall–Kier alpha value is -2.30. The fraction of sp³-hybridized carbons (Fsp3) is 0.474. The SMILES string of the molecule is CC(C)[C@H](C=C(C(=O)O)C(C)(C)C)NC(=O)OCc1ccccc1. The van der Waals surface area contributed by atoms with Gasteiger partial charge in [0.05, 0.1) is 6.04 Å². The van der Waals surface area contributed by atoms with Crippen LogP contribution in [0.25, 0.3) is 0 Å². The maximum atomic E-state index is 12.0. The maximum Gasteiger partial charge on any atom is 0.407 e. The smallest absolute Gasteiger partial charge is 0.407 e. The van der Waals surface area contributed by atoms with E-state index in [1.54, 1.807) is 6.08 Å². The summed E-state index contributed by atoms with van der Waals surface area (Å²) < 4.78 is 5.21. The molecule has 0 fully saturated rings. The average molecular weight is 333 g/mol. The number of alkyl carbamates (subject to hydrolysis) is 1. The lowest BCUT2D eigenvalue weighted by atomic mass is 9.84. The molecule has 1 aromatic rings. The van der Waals surface area contributed by atoms with Crippen molar-refractivity contribution in [2.24, 2.45) is 11.3 Å². The van der Waals surface area contributed by atoms with E-state index in [2.05, 4.69) is 5.32 Å². The largest absolute Gasteiger partial charge is 0.478 e. The van der Waals surface area contributed by atoms with E-state index in [1.165, 1.54) is 0 Å². The molecule has 1 aromatic carbocycles. The van der Waals surface area contributed by atoms with Crippen LogP contribution < -0.4 is 5.32 Å². The highest BCUT2D eigenvalue weighted by Crippen LogP contribution is 2.26. The van der Waals surface area contributed by atoms with Crippen LogP contribution in [0, 0.1) is 11.3 Å². The molecule has 1 rings (SSSR count). The first kappa shape index (κ1) is 19.7. The number of hydrogen-bond acceptors (Lipinski definition) is 3. The Morgan fingerprint density at radius 2 is 1.79 bits per heavy atom. The van der Waals surface area contributed by atoms with Gasteiger partial charge in [0.1, 0.15) is 6.61 Å². The minimum Gasteiger partial charge on any atom is -0.478 e. The summed E-state index contributed by atoms with van der Waals surface area (Å²) in [6.07, 6.45) is 1.05. The molecule has 0 aliphatic rings. The summed E-state index contributed by atoms with van der Waals surface area (Å²) >= 11 is 0. The lowest BCUT2D eigenvalue weighted by molar-refractivity contribution is -0.133. The van der Waals surface area contributed by atoms with Crippen LogP contribution in [0.4, 0.5) is 4.79 Å². The Morgan fingerprint density at radius 1 is 1.21 bits per heavy atom. The minimum absolute atomic E-state index is 0.0333. The number of carbonyl (C=O) groups excluding carboxylic acids is 1. The second-order valence-electron chi connectivity index (χ2n) is 7.11. The summed E-state index contributed by atoms with van der Waals surface area (Å²) in [4.78, 5) is 23.5. The van der Waals surface area contributed by atoms with Crippen LogP contribution >= 0.6 is 0 Å². The molecule has 5 nitrogen and oxygen atoms in total. The zero-order valence-electron chi connectivity index (χ0n) is 15.0. The number of ether oxygens (including phenoxy) is 1. The van der Waals surface area contributed by atoms with Crippen LogP contribution in [0.5, 0.6) is 0 Å². The molecule has 132 valence electrons. The molecule has 0 unspecified atom stereocenters. The molecular formula is C19H27NO4. The predicted octanol–water partition coefficient (Wildman–Crippen LogP) is 3.99. The zero-order chi connectivity index (χ0) is 18.3. The summed E-state index contributed by atoms with van der Waals surface area (Å²) in [5, 5.41) is 12.2. The summed E-state index contributed by atoms with van der Waals surface area (Å²) in [5.41, 5.74) is 0.643. The van der Waals surface area contributed by atoms with Gasteiger partial charge in [0.15, 0.2) is 0 Å². The van der Waals surface area contributed by atoms with Gasteiger partial charge in [-0.1, -0.05) is 71.0 Å². The molecule has 0 saturated carbocycles. The summed E-state index contributed by atoms with van der Waals surface area (Å²) in [5.74, 6) is -0.946. The second-order valence-corrected chi connectivity index (χ2v) is 7.11. The molecule has 1 atom stereocenters. The van der Waals surface area contributed by atoms with Crippen molar-refractivity contribution in [1.82, 2.24) is 5.32 Å². The quantitative estimate of drug-likeness (QED) is 0.772. The highest BCUT2D eigenvalue weighted by Gasteiger charge is 2.26. The molecule has 24 heavy (non-hydrogen) atoms. The van der Waals surface area contributed by atoms with Gasteiger partial charge in [0.25, 0.3) is 0 Å². The summed E-state index contributed by atoms with van der Waals surface area (Å²) in [7, 11) is 0. The van der Waals surface area contributed by atoms with Crippen molar-refractivity contribution >= 4 is 12.1 Å². The van der Waals surface area contributed by atoms with Crippen LogP contribution in [0.1, 0.15) is 40.2 Å². The number of nitrogens with one attached hydrogen (secondary N) is 1. The maximum absolute atomic E-state index is 12.0. The standard InChI is InChI=1S/C19H27NO4/c1-13(2)16(11-15(17(21)22)19(3,4)5)20-18(23)24-12-14-9-7-6-8-10-14/h6-11,13,16H,12H2,1-5H3,(H,20,23)(H,21,22)/t16-/m0/s1. The van der Waals surface area contributed by atoms with Gasteiger partial charge in [0.2, 0.25) is 0 Å². The van der Waals surface area contributed by atoms with Crippen molar-refractivity contribution < 1.29 is 19.4 Å². The minimum atomic E-state index is -0.979. The van der Waals surface area contributed by atoms with E-state index in [0.29, 0.717) is 0 Å². The van der Waals surface area contributed by atoms with Gasteiger partial charge in [-0.2, -0.15) is 0 Å². The van der Waals surface area contributed by atoms with Crippen LogP contribution in [0.2, 0.25) is 0 Å². The van der Waals surface area contributed by atoms with Crippen molar-refractivity contribution in [3.05, 3.63) is 47.5 Å². The van der Waals surface area contributed by atoms with Crippen molar-refractivity contribution in [2.45, 2.75) is 47.3 Å². The highest BCUT2D eigenvalue weighted by atomic mass is 16.5. The second kappa shape index (κ2) is 8.52. The van der Waals surface area contributed by atoms with E-state index in [0.717, 1.165) is 5.56 Å². The van der Waals surface area contributed by atoms with E-state index in [9.17, 15) is 14.7 Å². The van der Waals surface area contributed by atoms with Gasteiger partial charge < -0.3 is 15.2 Å². The number of hydrogen-bond donors (Lipinski definition) is 2. The Balaban J connectivity index is 2.78. The number of carboxylic acid groups (broad SMARTS) is 1. The van der Waals surface area contributed by atoms with E-state index in [-0.39, 0.29) is 18.1 Å². The predicted molar refractivity (Wildman–Crippen MR) is 93.6 cm³/mol. The lowest BCUT2D eigenvalue weighted by Gasteiger charge is -2.24. The summed E-state index contributed by atoms with van der Waals surface area (Å²) in [6, 6.07) is 8.96. The number of aliphatic carboxylic acids is 1. The van der Waals surface area contributed by atoms with Gasteiger partial charge >= 0.3 is 12.1 Å². The van der Waals surface area contributed by atoms with Crippen molar-refractivity contribution in [2.75, 3.05) is 0 Å². The first-order chi connectivity index (χ1) is 11.1. The number of benzene rings is 1. The van der Waals surface area contributed by atoms with Gasteiger partial charge in [-0.3, -0.25) is 0 Å². The number of amides is 1. The number of rotatable bonds is 6. The average Bonchev–Trinajstić information content (AvgIpc) is 2.48. The molecule has 5 heteroatoms. The molecule has 0 bridgehead atoms. The molecule has 0 aliphatic heterocycles. The highest BCUT2D eigenvalue weighted by molar-refractivity contribution is 5.88. The normalized spacial score (nSPS) is 13.5. The Kier molecular flexibility index (Phi) is 7.01. The van der Waals surface area contributed by atoms with Crippen molar-refractivity contribution in [3.8, 4) is 0 Å². The third-order valence-electron chi connectivity index (χ3n) is 3.60. The van der Waals surface area contributed by atoms with Crippen LogP contribution in [0.3, 0.4) is 0 Å². The molecular weight excluding hydrogens is 306 g/mol.